The van der Waals surface area contributed by atoms with Crippen molar-refractivity contribution in [3.63, 3.8) is 0 Å². The Morgan fingerprint density at radius 1 is 1.03 bits per heavy atom. The van der Waals surface area contributed by atoms with Crippen LogP contribution in [0.15, 0.2) is 53.3 Å². The van der Waals surface area contributed by atoms with Crippen LogP contribution in [0.1, 0.15) is 11.1 Å². The first-order valence-corrected chi connectivity index (χ1v) is 10.8. The SMILES string of the molecule is COc1cc2cc(CN(CCN(C)C)C(=S)NCc3ccccc3)c(=O)[nH]c2cc1OC. The molecule has 3 rings (SSSR count). The molecular weight excluding hydrogens is 424 g/mol. The third kappa shape index (κ3) is 5.99. The summed E-state index contributed by atoms with van der Waals surface area (Å²) in [6.07, 6.45) is 0. The molecule has 0 aliphatic rings. The van der Waals surface area contributed by atoms with E-state index < -0.39 is 0 Å². The third-order valence-electron chi connectivity index (χ3n) is 5.18. The lowest BCUT2D eigenvalue weighted by Crippen LogP contribution is -2.43. The van der Waals surface area contributed by atoms with Gasteiger partial charge in [0.25, 0.3) is 5.56 Å². The minimum absolute atomic E-state index is 0.148. The highest BCUT2D eigenvalue weighted by atomic mass is 32.1. The minimum atomic E-state index is -0.148. The van der Waals surface area contributed by atoms with Crippen LogP contribution in [0.3, 0.4) is 0 Å². The Labute approximate surface area is 193 Å². The number of hydrogen-bond donors (Lipinski definition) is 2. The van der Waals surface area contributed by atoms with E-state index in [1.165, 1.54) is 0 Å². The standard InChI is InChI=1S/C24H30N4O3S/c1-27(2)10-11-28(24(32)25-15-17-8-6-5-7-9-17)16-19-12-18-13-21(30-3)22(31-4)14-20(18)26-23(19)29/h5-9,12-14H,10-11,15-16H2,1-4H3,(H,25,32)(H,26,29). The van der Waals surface area contributed by atoms with Gasteiger partial charge in [0.1, 0.15) is 0 Å². The van der Waals surface area contributed by atoms with Gasteiger partial charge in [-0.2, -0.15) is 0 Å². The Bertz CT molecular complexity index is 1120. The van der Waals surface area contributed by atoms with Crippen LogP contribution in [0.5, 0.6) is 11.5 Å². The average molecular weight is 455 g/mol. The number of nitrogens with one attached hydrogen (secondary N) is 2. The van der Waals surface area contributed by atoms with E-state index >= 15 is 0 Å². The van der Waals surface area contributed by atoms with Crippen molar-refractivity contribution < 1.29 is 9.47 Å². The zero-order chi connectivity index (χ0) is 23.1. The number of methoxy groups -OCH3 is 2. The van der Waals surface area contributed by atoms with Gasteiger partial charge in [0.05, 0.1) is 26.3 Å². The van der Waals surface area contributed by atoms with Gasteiger partial charge in [-0.05, 0) is 44.0 Å². The molecule has 32 heavy (non-hydrogen) atoms. The van der Waals surface area contributed by atoms with Crippen LogP contribution in [-0.2, 0) is 13.1 Å². The highest BCUT2D eigenvalue weighted by Gasteiger charge is 2.15. The molecule has 8 heteroatoms. The monoisotopic (exact) mass is 454 g/mol. The first-order chi connectivity index (χ1) is 15.4. The number of likely N-dealkylation sites (N-methyl/N-ethyl adjacent to an activating group) is 1. The molecule has 0 atom stereocenters. The van der Waals surface area contributed by atoms with Gasteiger partial charge < -0.3 is 29.6 Å². The highest BCUT2D eigenvalue weighted by molar-refractivity contribution is 7.80. The van der Waals surface area contributed by atoms with E-state index in [-0.39, 0.29) is 5.56 Å². The van der Waals surface area contributed by atoms with E-state index in [1.807, 2.05) is 49.3 Å². The van der Waals surface area contributed by atoms with Crippen molar-refractivity contribution in [2.24, 2.45) is 0 Å². The summed E-state index contributed by atoms with van der Waals surface area (Å²) < 4.78 is 10.8. The van der Waals surface area contributed by atoms with Gasteiger partial charge in [-0.15, -0.1) is 0 Å². The maximum Gasteiger partial charge on any atom is 0.253 e. The quantitative estimate of drug-likeness (QED) is 0.482. The molecule has 3 aromatic rings. The second-order valence-electron chi connectivity index (χ2n) is 7.79. The maximum atomic E-state index is 12.8. The minimum Gasteiger partial charge on any atom is -0.493 e. The smallest absolute Gasteiger partial charge is 0.253 e. The molecule has 0 saturated carbocycles. The summed E-state index contributed by atoms with van der Waals surface area (Å²) >= 11 is 5.68. The summed E-state index contributed by atoms with van der Waals surface area (Å²) in [6, 6.07) is 15.6. The van der Waals surface area contributed by atoms with Crippen LogP contribution in [0.4, 0.5) is 0 Å². The molecule has 1 heterocycles. The normalized spacial score (nSPS) is 10.9. The number of rotatable bonds is 9. The summed E-state index contributed by atoms with van der Waals surface area (Å²) in [5.41, 5.74) is 2.32. The molecule has 0 aliphatic carbocycles. The van der Waals surface area contributed by atoms with Crippen LogP contribution in [0.2, 0.25) is 0 Å². The number of H-pyrrole nitrogens is 1. The lowest BCUT2D eigenvalue weighted by Gasteiger charge is -2.27. The molecule has 0 unspecified atom stereocenters. The van der Waals surface area contributed by atoms with E-state index in [2.05, 4.69) is 27.3 Å². The molecule has 1 aromatic heterocycles. The Hall–Kier alpha value is -3.10. The second-order valence-corrected chi connectivity index (χ2v) is 8.17. The predicted molar refractivity (Wildman–Crippen MR) is 133 cm³/mol. The third-order valence-corrected chi connectivity index (χ3v) is 5.58. The van der Waals surface area contributed by atoms with Crippen molar-refractivity contribution in [2.45, 2.75) is 13.1 Å². The molecular formula is C24H30N4O3S. The van der Waals surface area contributed by atoms with Crippen molar-refractivity contribution >= 4 is 28.2 Å². The van der Waals surface area contributed by atoms with Gasteiger partial charge in [-0.1, -0.05) is 30.3 Å². The van der Waals surface area contributed by atoms with Crippen LogP contribution < -0.4 is 20.3 Å². The van der Waals surface area contributed by atoms with Gasteiger partial charge in [0, 0.05) is 36.7 Å². The fraction of sp³-hybridized carbons (Fsp3) is 0.333. The fourth-order valence-electron chi connectivity index (χ4n) is 3.36. The van der Waals surface area contributed by atoms with Gasteiger partial charge in [0.15, 0.2) is 16.6 Å². The van der Waals surface area contributed by atoms with Gasteiger partial charge in [0.2, 0.25) is 0 Å². The topological polar surface area (TPSA) is 69.8 Å². The van der Waals surface area contributed by atoms with Gasteiger partial charge >= 0.3 is 0 Å². The molecule has 0 fully saturated rings. The molecule has 2 aromatic carbocycles. The summed E-state index contributed by atoms with van der Waals surface area (Å²) in [6.45, 7) is 2.53. The number of aromatic amines is 1. The van der Waals surface area contributed by atoms with Crippen molar-refractivity contribution in [3.05, 3.63) is 70.0 Å². The Kier molecular flexibility index (Phi) is 8.08. The summed E-state index contributed by atoms with van der Waals surface area (Å²) in [4.78, 5) is 19.9. The van der Waals surface area contributed by atoms with Gasteiger partial charge in [-0.3, -0.25) is 4.79 Å². The Morgan fingerprint density at radius 3 is 2.38 bits per heavy atom. The number of hydrogen-bond acceptors (Lipinski definition) is 5. The number of nitrogens with zero attached hydrogens (tertiary/aromatic N) is 2. The number of pyridine rings is 1. The molecule has 7 nitrogen and oxygen atoms in total. The molecule has 0 aliphatic heterocycles. The zero-order valence-electron chi connectivity index (χ0n) is 19.0. The molecule has 0 spiro atoms. The van der Waals surface area contributed by atoms with Crippen molar-refractivity contribution in [3.8, 4) is 11.5 Å². The summed E-state index contributed by atoms with van der Waals surface area (Å²) in [5.74, 6) is 1.19. The van der Waals surface area contributed by atoms with Crippen LogP contribution in [0, 0.1) is 0 Å². The van der Waals surface area contributed by atoms with E-state index in [0.29, 0.717) is 47.3 Å². The molecule has 170 valence electrons. The highest BCUT2D eigenvalue weighted by Crippen LogP contribution is 2.31. The van der Waals surface area contributed by atoms with Crippen LogP contribution in [0.25, 0.3) is 10.9 Å². The number of fused-ring (bicyclic) bond motifs is 1. The number of thiocarbonyl (C=S) groups is 1. The van der Waals surface area contributed by atoms with Crippen molar-refractivity contribution in [2.75, 3.05) is 41.4 Å². The van der Waals surface area contributed by atoms with Crippen molar-refractivity contribution in [1.29, 1.82) is 0 Å². The average Bonchev–Trinajstić information content (AvgIpc) is 2.80. The zero-order valence-corrected chi connectivity index (χ0v) is 19.8. The lowest BCUT2D eigenvalue weighted by atomic mass is 10.1. The predicted octanol–water partition coefficient (Wildman–Crippen LogP) is 2.98. The molecule has 0 saturated heterocycles. The van der Waals surface area contributed by atoms with E-state index in [0.717, 1.165) is 17.5 Å². The first-order valence-electron chi connectivity index (χ1n) is 10.4. The van der Waals surface area contributed by atoms with Crippen LogP contribution >= 0.6 is 12.2 Å². The van der Waals surface area contributed by atoms with Gasteiger partial charge in [-0.25, -0.2) is 0 Å². The van der Waals surface area contributed by atoms with E-state index in [9.17, 15) is 4.79 Å². The van der Waals surface area contributed by atoms with Crippen LogP contribution in [-0.4, -0.2) is 61.3 Å². The Balaban J connectivity index is 1.84. The molecule has 0 bridgehead atoms. The maximum absolute atomic E-state index is 12.8. The summed E-state index contributed by atoms with van der Waals surface area (Å²) in [5, 5.41) is 4.80. The number of benzene rings is 2. The lowest BCUT2D eigenvalue weighted by molar-refractivity contribution is 0.322. The largest absolute Gasteiger partial charge is 0.493 e. The molecule has 2 N–H and O–H groups in total. The molecule has 0 amide bonds. The van der Waals surface area contributed by atoms with E-state index in [4.69, 9.17) is 21.7 Å². The number of aromatic nitrogens is 1. The number of ether oxygens (including phenoxy) is 2. The Morgan fingerprint density at radius 2 is 1.72 bits per heavy atom. The molecule has 0 radical (unpaired) electrons. The van der Waals surface area contributed by atoms with Crippen molar-refractivity contribution in [1.82, 2.24) is 20.1 Å². The first kappa shape index (κ1) is 23.6. The second kappa shape index (κ2) is 11.0. The fourth-order valence-corrected chi connectivity index (χ4v) is 3.59. The van der Waals surface area contributed by atoms with E-state index in [1.54, 1.807) is 20.3 Å². The summed E-state index contributed by atoms with van der Waals surface area (Å²) in [7, 11) is 7.19.